The molecule has 0 aliphatic carbocycles. The molecule has 0 aromatic heterocycles. The first-order valence-electron chi connectivity index (χ1n) is 1.46. The molecule has 0 spiro atoms. The van der Waals surface area contributed by atoms with Gasteiger partial charge >= 0.3 is 29.9 Å². The second-order valence-electron chi connectivity index (χ2n) is 0.118. The first-order valence-corrected chi connectivity index (χ1v) is 6.00. The van der Waals surface area contributed by atoms with E-state index in [0.717, 1.165) is 16.6 Å². The van der Waals surface area contributed by atoms with Crippen LogP contribution < -0.4 is 0 Å². The number of hydrogen-bond acceptors (Lipinski definition) is 1. The van der Waals surface area contributed by atoms with E-state index in [1.165, 1.54) is 0 Å². The van der Waals surface area contributed by atoms with Gasteiger partial charge < -0.3 is 0 Å². The van der Waals surface area contributed by atoms with Gasteiger partial charge in [0.15, 0.2) is 0 Å². The van der Waals surface area contributed by atoms with E-state index in [1.807, 2.05) is 13.8 Å². The first kappa shape index (κ1) is 9.17. The minimum absolute atomic E-state index is 0.625. The van der Waals surface area contributed by atoms with Gasteiger partial charge in [-0.3, -0.25) is 0 Å². The predicted octanol–water partition coefficient (Wildman–Crippen LogP) is 0.687. The van der Waals surface area contributed by atoms with Crippen LogP contribution >= 0.6 is 0 Å². The van der Waals surface area contributed by atoms with Crippen LogP contribution in [0.15, 0.2) is 0 Å². The second-order valence-corrected chi connectivity index (χ2v) is 1.84. The molecule has 0 amide bonds. The monoisotopic (exact) mass is 142 g/mol. The molecule has 0 rings (SSSR count). The Bertz CT molecular complexity index is 30.6. The fourth-order valence-electron chi connectivity index (χ4n) is 0. The summed E-state index contributed by atoms with van der Waals surface area (Å²) in [5.74, 6) is 0. The average molecular weight is 144 g/mol. The molecule has 5 heavy (non-hydrogen) atoms. The van der Waals surface area contributed by atoms with Crippen molar-refractivity contribution in [2.45, 2.75) is 13.8 Å². The molecule has 0 aromatic rings. The van der Waals surface area contributed by atoms with E-state index in [0.29, 0.717) is 9.15 Å². The van der Waals surface area contributed by atoms with Gasteiger partial charge in [-0.1, -0.05) is 13.8 Å². The van der Waals surface area contributed by atoms with Gasteiger partial charge in [-0.05, 0) is 0 Å². The van der Waals surface area contributed by atoms with Crippen molar-refractivity contribution in [3.05, 3.63) is 0 Å². The maximum atomic E-state index is 8.90. The predicted molar refractivity (Wildman–Crippen MR) is 19.5 cm³/mol. The van der Waals surface area contributed by atoms with E-state index < -0.39 is 0 Å². The Hall–Kier alpha value is 0.643. The quantitative estimate of drug-likeness (QED) is 0.456. The SMILES string of the molecule is CC.O=[S]=[Zn]. The third kappa shape index (κ3) is 78.4. The summed E-state index contributed by atoms with van der Waals surface area (Å²) in [5, 5.41) is 0. The van der Waals surface area contributed by atoms with E-state index in [9.17, 15) is 0 Å². The van der Waals surface area contributed by atoms with Gasteiger partial charge in [0.05, 0.1) is 0 Å². The Morgan fingerprint density at radius 1 is 1.60 bits per heavy atom. The van der Waals surface area contributed by atoms with Crippen LogP contribution in [0.5, 0.6) is 0 Å². The van der Waals surface area contributed by atoms with E-state index in [4.69, 9.17) is 4.21 Å². The molecule has 1 nitrogen and oxygen atoms in total. The Labute approximate surface area is 44.1 Å². The summed E-state index contributed by atoms with van der Waals surface area (Å²) in [7, 11) is 0.625. The van der Waals surface area contributed by atoms with Crippen LogP contribution in [0.2, 0.25) is 0 Å². The molecule has 0 fully saturated rings. The normalized spacial score (nSPS) is 4.00. The Morgan fingerprint density at radius 3 is 1.60 bits per heavy atom. The first-order chi connectivity index (χ1) is 2.41. The van der Waals surface area contributed by atoms with Crippen LogP contribution in [0.1, 0.15) is 13.8 Å². The molecular formula is C2H6OSZn. The second kappa shape index (κ2) is 22.8. The van der Waals surface area contributed by atoms with Crippen LogP contribution in [-0.4, -0.2) is 4.21 Å². The Morgan fingerprint density at radius 2 is 1.60 bits per heavy atom. The minimum atomic E-state index is 0.625. The van der Waals surface area contributed by atoms with Gasteiger partial charge in [0.25, 0.3) is 0 Å². The van der Waals surface area contributed by atoms with Crippen molar-refractivity contribution in [2.75, 3.05) is 0 Å². The zero-order valence-corrected chi connectivity index (χ0v) is 7.31. The molecule has 0 unspecified atom stereocenters. The molecule has 0 N–H and O–H groups in total. The van der Waals surface area contributed by atoms with Crippen molar-refractivity contribution < 1.29 is 20.8 Å². The summed E-state index contributed by atoms with van der Waals surface area (Å²) in [6.07, 6.45) is 0. The van der Waals surface area contributed by atoms with Gasteiger partial charge in [0, 0.05) is 0 Å². The summed E-state index contributed by atoms with van der Waals surface area (Å²) < 4.78 is 8.90. The van der Waals surface area contributed by atoms with Crippen molar-refractivity contribution in [1.82, 2.24) is 0 Å². The van der Waals surface area contributed by atoms with Crippen LogP contribution in [0.3, 0.4) is 0 Å². The fraction of sp³-hybridized carbons (Fsp3) is 1.00. The molecule has 0 aliphatic rings. The van der Waals surface area contributed by atoms with Gasteiger partial charge in [-0.2, -0.15) is 0 Å². The van der Waals surface area contributed by atoms with Crippen LogP contribution in [-0.2, 0) is 25.7 Å². The van der Waals surface area contributed by atoms with Crippen molar-refractivity contribution in [3.63, 3.8) is 0 Å². The zero-order valence-electron chi connectivity index (χ0n) is 3.52. The van der Waals surface area contributed by atoms with Crippen molar-refractivity contribution in [2.24, 2.45) is 0 Å². The third-order valence-electron chi connectivity index (χ3n) is 0. The summed E-state index contributed by atoms with van der Waals surface area (Å²) >= 11 is 0.806. The van der Waals surface area contributed by atoms with E-state index in [2.05, 4.69) is 0 Å². The molecular weight excluding hydrogens is 137 g/mol. The Kier molecular flexibility index (Phi) is 41.8. The molecule has 0 bridgehead atoms. The molecule has 28 valence electrons. The topological polar surface area (TPSA) is 17.1 Å². The molecule has 3 heteroatoms. The average Bonchev–Trinajstić information content (AvgIpc) is 1.46. The number of rotatable bonds is 0. The van der Waals surface area contributed by atoms with Gasteiger partial charge in [-0.15, -0.1) is 0 Å². The van der Waals surface area contributed by atoms with Crippen LogP contribution in [0.4, 0.5) is 0 Å². The summed E-state index contributed by atoms with van der Waals surface area (Å²) in [6.45, 7) is 4.00. The summed E-state index contributed by atoms with van der Waals surface area (Å²) in [5.41, 5.74) is 0. The van der Waals surface area contributed by atoms with Crippen molar-refractivity contribution in [3.8, 4) is 0 Å². The Balaban J connectivity index is 0. The molecule has 0 aromatic carbocycles. The third-order valence-corrected chi connectivity index (χ3v) is 0. The molecule has 0 heterocycles. The van der Waals surface area contributed by atoms with Gasteiger partial charge in [0.2, 0.25) is 0 Å². The molecule has 0 aliphatic heterocycles. The summed E-state index contributed by atoms with van der Waals surface area (Å²) in [4.78, 5) is 0. The van der Waals surface area contributed by atoms with E-state index >= 15 is 0 Å². The maximum absolute atomic E-state index is 8.90. The van der Waals surface area contributed by atoms with Crippen molar-refractivity contribution >= 4 is 9.15 Å². The van der Waals surface area contributed by atoms with Gasteiger partial charge in [0.1, 0.15) is 0 Å². The summed E-state index contributed by atoms with van der Waals surface area (Å²) in [6, 6.07) is 0. The van der Waals surface area contributed by atoms with E-state index in [-0.39, 0.29) is 0 Å². The molecule has 0 saturated carbocycles. The molecule has 0 saturated heterocycles. The van der Waals surface area contributed by atoms with Crippen LogP contribution in [0.25, 0.3) is 0 Å². The standard InChI is InChI=1S/C2H6.OS.Zn/c2*1-2;/h1-2H3;;. The van der Waals surface area contributed by atoms with Crippen LogP contribution in [0, 0.1) is 0 Å². The fourth-order valence-corrected chi connectivity index (χ4v) is 0. The van der Waals surface area contributed by atoms with Gasteiger partial charge in [-0.25, -0.2) is 0 Å². The molecule has 0 radical (unpaired) electrons. The zero-order chi connectivity index (χ0) is 4.71. The van der Waals surface area contributed by atoms with Crippen molar-refractivity contribution in [1.29, 1.82) is 0 Å². The van der Waals surface area contributed by atoms with E-state index in [1.54, 1.807) is 0 Å². The number of hydrogen-bond donors (Lipinski definition) is 0. The molecule has 0 atom stereocenters.